The fraction of sp³-hybridized carbons (Fsp3) is 0.500. The summed E-state index contributed by atoms with van der Waals surface area (Å²) in [5.74, 6) is 0.707. The van der Waals surface area contributed by atoms with Crippen molar-refractivity contribution in [3.05, 3.63) is 29.0 Å². The molecule has 2 heteroatoms. The maximum atomic E-state index is 5.72. The van der Waals surface area contributed by atoms with Crippen LogP contribution in [0.25, 0.3) is 0 Å². The van der Waals surface area contributed by atoms with Crippen LogP contribution in [0.1, 0.15) is 26.0 Å². The Labute approximate surface area is 78.8 Å². The molecule has 0 aliphatic rings. The van der Waals surface area contributed by atoms with Crippen molar-refractivity contribution in [1.29, 1.82) is 0 Å². The van der Waals surface area contributed by atoms with Crippen LogP contribution in [0.5, 0.6) is 0 Å². The molecule has 1 atom stereocenters. The highest BCUT2D eigenvalue weighted by Crippen LogP contribution is 2.11. The average molecular weight is 184 g/mol. The zero-order valence-electron chi connectivity index (χ0n) is 7.55. The van der Waals surface area contributed by atoms with Gasteiger partial charge >= 0.3 is 0 Å². The van der Waals surface area contributed by atoms with Crippen LogP contribution in [0.4, 0.5) is 0 Å². The lowest BCUT2D eigenvalue weighted by atomic mass is 10.0. The standard InChI is InChI=1S/C10H14ClN/c1-3-8(2)6-10-5-4-9(11)7-12-10/h4-5,7-8H,3,6H2,1-2H3. The van der Waals surface area contributed by atoms with Gasteiger partial charge in [0, 0.05) is 11.9 Å². The van der Waals surface area contributed by atoms with Crippen molar-refractivity contribution in [2.75, 3.05) is 0 Å². The van der Waals surface area contributed by atoms with E-state index >= 15 is 0 Å². The van der Waals surface area contributed by atoms with Crippen molar-refractivity contribution < 1.29 is 0 Å². The first-order valence-electron chi connectivity index (χ1n) is 4.32. The van der Waals surface area contributed by atoms with Crippen LogP contribution in [-0.2, 0) is 6.42 Å². The second-order valence-electron chi connectivity index (χ2n) is 3.19. The molecule has 0 spiro atoms. The van der Waals surface area contributed by atoms with Gasteiger partial charge in [0.05, 0.1) is 5.02 Å². The minimum atomic E-state index is 0.707. The number of hydrogen-bond acceptors (Lipinski definition) is 1. The Hall–Kier alpha value is -0.560. The van der Waals surface area contributed by atoms with Crippen molar-refractivity contribution in [2.24, 2.45) is 5.92 Å². The molecule has 1 rings (SSSR count). The Morgan fingerprint density at radius 1 is 1.50 bits per heavy atom. The maximum absolute atomic E-state index is 5.72. The number of halogens is 1. The van der Waals surface area contributed by atoms with Gasteiger partial charge in [0.15, 0.2) is 0 Å². The van der Waals surface area contributed by atoms with Crippen LogP contribution >= 0.6 is 11.6 Å². The van der Waals surface area contributed by atoms with E-state index < -0.39 is 0 Å². The van der Waals surface area contributed by atoms with Crippen molar-refractivity contribution >= 4 is 11.6 Å². The summed E-state index contributed by atoms with van der Waals surface area (Å²) in [7, 11) is 0. The molecule has 0 fully saturated rings. The number of nitrogens with zero attached hydrogens (tertiary/aromatic N) is 1. The van der Waals surface area contributed by atoms with E-state index in [1.807, 2.05) is 12.1 Å². The van der Waals surface area contributed by atoms with Crippen molar-refractivity contribution in [2.45, 2.75) is 26.7 Å². The quantitative estimate of drug-likeness (QED) is 0.701. The van der Waals surface area contributed by atoms with Crippen LogP contribution in [0.3, 0.4) is 0 Å². The van der Waals surface area contributed by atoms with Gasteiger partial charge in [-0.05, 0) is 24.5 Å². The molecule has 0 saturated carbocycles. The maximum Gasteiger partial charge on any atom is 0.0589 e. The Balaban J connectivity index is 2.58. The third kappa shape index (κ3) is 2.82. The normalized spacial score (nSPS) is 12.9. The highest BCUT2D eigenvalue weighted by molar-refractivity contribution is 6.30. The largest absolute Gasteiger partial charge is 0.260 e. The van der Waals surface area contributed by atoms with Gasteiger partial charge in [0.2, 0.25) is 0 Å². The van der Waals surface area contributed by atoms with Gasteiger partial charge in [-0.2, -0.15) is 0 Å². The summed E-state index contributed by atoms with van der Waals surface area (Å²) < 4.78 is 0. The second-order valence-corrected chi connectivity index (χ2v) is 3.62. The zero-order chi connectivity index (χ0) is 8.97. The SMILES string of the molecule is CCC(C)Cc1ccc(Cl)cn1. The molecule has 1 aromatic heterocycles. The van der Waals surface area contributed by atoms with Crippen molar-refractivity contribution in [1.82, 2.24) is 4.98 Å². The summed E-state index contributed by atoms with van der Waals surface area (Å²) in [6, 6.07) is 3.89. The van der Waals surface area contributed by atoms with Crippen LogP contribution < -0.4 is 0 Å². The Morgan fingerprint density at radius 3 is 2.75 bits per heavy atom. The minimum absolute atomic E-state index is 0.707. The van der Waals surface area contributed by atoms with E-state index in [1.165, 1.54) is 6.42 Å². The third-order valence-corrected chi connectivity index (χ3v) is 2.27. The lowest BCUT2D eigenvalue weighted by Crippen LogP contribution is -1.99. The van der Waals surface area contributed by atoms with Gasteiger partial charge < -0.3 is 0 Å². The molecular weight excluding hydrogens is 170 g/mol. The third-order valence-electron chi connectivity index (χ3n) is 2.04. The van der Waals surface area contributed by atoms with E-state index in [2.05, 4.69) is 18.8 Å². The summed E-state index contributed by atoms with van der Waals surface area (Å²) in [6.45, 7) is 4.43. The van der Waals surface area contributed by atoms with Crippen LogP contribution in [-0.4, -0.2) is 4.98 Å². The molecule has 0 N–H and O–H groups in total. The smallest absolute Gasteiger partial charge is 0.0589 e. The molecule has 0 bridgehead atoms. The lowest BCUT2D eigenvalue weighted by molar-refractivity contribution is 0.552. The summed E-state index contributed by atoms with van der Waals surface area (Å²) in [6.07, 6.45) is 3.96. The van der Waals surface area contributed by atoms with Gasteiger partial charge in [-0.3, -0.25) is 4.98 Å². The number of hydrogen-bond donors (Lipinski definition) is 0. The summed E-state index contributed by atoms with van der Waals surface area (Å²) >= 11 is 5.72. The fourth-order valence-corrected chi connectivity index (χ4v) is 1.14. The van der Waals surface area contributed by atoms with Gasteiger partial charge in [0.1, 0.15) is 0 Å². The highest BCUT2D eigenvalue weighted by atomic mass is 35.5. The molecule has 1 heterocycles. The summed E-state index contributed by atoms with van der Waals surface area (Å²) in [5, 5.41) is 0.711. The predicted molar refractivity (Wildman–Crippen MR) is 52.4 cm³/mol. The molecule has 1 unspecified atom stereocenters. The number of rotatable bonds is 3. The summed E-state index contributed by atoms with van der Waals surface area (Å²) in [4.78, 5) is 4.23. The molecule has 12 heavy (non-hydrogen) atoms. The van der Waals surface area contributed by atoms with Crippen molar-refractivity contribution in [3.8, 4) is 0 Å². The molecule has 1 nitrogen and oxygen atoms in total. The molecular formula is C10H14ClN. The molecule has 0 aliphatic carbocycles. The van der Waals surface area contributed by atoms with E-state index in [0.29, 0.717) is 10.9 Å². The highest BCUT2D eigenvalue weighted by Gasteiger charge is 2.01. The predicted octanol–water partition coefficient (Wildman–Crippen LogP) is 3.32. The van der Waals surface area contributed by atoms with E-state index in [0.717, 1.165) is 12.1 Å². The van der Waals surface area contributed by atoms with Crippen molar-refractivity contribution in [3.63, 3.8) is 0 Å². The monoisotopic (exact) mass is 183 g/mol. The van der Waals surface area contributed by atoms with E-state index in [-0.39, 0.29) is 0 Å². The van der Waals surface area contributed by atoms with Crippen LogP contribution in [0.2, 0.25) is 5.02 Å². The van der Waals surface area contributed by atoms with Gasteiger partial charge in [-0.1, -0.05) is 31.9 Å². The Morgan fingerprint density at radius 2 is 2.25 bits per heavy atom. The Bertz CT molecular complexity index is 230. The molecule has 0 radical (unpaired) electrons. The molecule has 0 amide bonds. The van der Waals surface area contributed by atoms with Gasteiger partial charge in [0.25, 0.3) is 0 Å². The second kappa shape index (κ2) is 4.46. The topological polar surface area (TPSA) is 12.9 Å². The van der Waals surface area contributed by atoms with E-state index in [9.17, 15) is 0 Å². The lowest BCUT2D eigenvalue weighted by Gasteiger charge is -2.06. The number of pyridine rings is 1. The molecule has 0 aliphatic heterocycles. The number of aromatic nitrogens is 1. The zero-order valence-corrected chi connectivity index (χ0v) is 8.30. The van der Waals surface area contributed by atoms with E-state index in [1.54, 1.807) is 6.20 Å². The van der Waals surface area contributed by atoms with Gasteiger partial charge in [-0.25, -0.2) is 0 Å². The van der Waals surface area contributed by atoms with Gasteiger partial charge in [-0.15, -0.1) is 0 Å². The Kier molecular flexibility index (Phi) is 3.54. The summed E-state index contributed by atoms with van der Waals surface area (Å²) in [5.41, 5.74) is 1.13. The molecule has 66 valence electrons. The molecule has 0 aromatic carbocycles. The molecule has 0 saturated heterocycles. The minimum Gasteiger partial charge on any atom is -0.260 e. The van der Waals surface area contributed by atoms with Crippen LogP contribution in [0.15, 0.2) is 18.3 Å². The van der Waals surface area contributed by atoms with Crippen LogP contribution in [0, 0.1) is 5.92 Å². The first-order chi connectivity index (χ1) is 5.72. The molecule has 1 aromatic rings. The van der Waals surface area contributed by atoms with E-state index in [4.69, 9.17) is 11.6 Å². The average Bonchev–Trinajstić information content (AvgIpc) is 2.09. The first-order valence-corrected chi connectivity index (χ1v) is 4.70. The fourth-order valence-electron chi connectivity index (χ4n) is 1.03. The first kappa shape index (κ1) is 9.53.